The number of carbonyl (C=O) groups is 3. The Morgan fingerprint density at radius 2 is 1.76 bits per heavy atom. The molecule has 0 aromatic heterocycles. The molecule has 2 aliphatic rings. The van der Waals surface area contributed by atoms with Crippen LogP contribution in [0.3, 0.4) is 0 Å². The van der Waals surface area contributed by atoms with E-state index in [0.717, 1.165) is 19.3 Å². The lowest BCUT2D eigenvalue weighted by Gasteiger charge is -2.29. The molecule has 142 valence electrons. The Morgan fingerprint density at radius 1 is 1.12 bits per heavy atom. The molecule has 0 bridgehead atoms. The van der Waals surface area contributed by atoms with Gasteiger partial charge in [-0.2, -0.15) is 0 Å². The zero-order valence-corrected chi connectivity index (χ0v) is 15.4. The van der Waals surface area contributed by atoms with Gasteiger partial charge in [0.05, 0.1) is 5.92 Å². The predicted molar refractivity (Wildman–Crippen MR) is 92.1 cm³/mol. The minimum absolute atomic E-state index is 0.135. The maximum atomic E-state index is 12.5. The van der Waals surface area contributed by atoms with Crippen LogP contribution in [-0.2, 0) is 14.3 Å². The quantitative estimate of drug-likeness (QED) is 0.808. The maximum absolute atomic E-state index is 12.5. The SMILES string of the molecule is CC(C)(C)OC(=O)N1CCCC1C(=O)NCC1CCC(C(=O)O)CC1. The number of hydrogen-bond acceptors (Lipinski definition) is 4. The molecule has 25 heavy (non-hydrogen) atoms. The molecule has 0 aromatic rings. The number of carboxylic acid groups (broad SMARTS) is 1. The van der Waals surface area contributed by atoms with Crippen LogP contribution in [-0.4, -0.2) is 52.7 Å². The van der Waals surface area contributed by atoms with Crippen LogP contribution in [0.25, 0.3) is 0 Å². The second-order valence-corrected chi connectivity index (χ2v) is 8.13. The number of ether oxygens (including phenoxy) is 1. The topological polar surface area (TPSA) is 95.9 Å². The number of amides is 2. The fourth-order valence-electron chi connectivity index (χ4n) is 3.55. The van der Waals surface area contributed by atoms with Crippen molar-refractivity contribution >= 4 is 18.0 Å². The molecular weight excluding hydrogens is 324 g/mol. The van der Waals surface area contributed by atoms with Gasteiger partial charge in [0, 0.05) is 13.1 Å². The Balaban J connectivity index is 1.80. The fourth-order valence-corrected chi connectivity index (χ4v) is 3.55. The summed E-state index contributed by atoms with van der Waals surface area (Å²) in [5.41, 5.74) is -0.580. The molecule has 2 fully saturated rings. The van der Waals surface area contributed by atoms with Crippen LogP contribution < -0.4 is 5.32 Å². The summed E-state index contributed by atoms with van der Waals surface area (Å²) in [7, 11) is 0. The van der Waals surface area contributed by atoms with Crippen molar-refractivity contribution in [2.24, 2.45) is 11.8 Å². The van der Waals surface area contributed by atoms with E-state index in [9.17, 15) is 14.4 Å². The predicted octanol–water partition coefficient (Wildman–Crippen LogP) is 2.39. The van der Waals surface area contributed by atoms with Crippen LogP contribution >= 0.6 is 0 Å². The standard InChI is InChI=1S/C18H30N2O5/c1-18(2,3)25-17(24)20-10-4-5-14(20)15(21)19-11-12-6-8-13(9-7-12)16(22)23/h12-14H,4-11H2,1-3H3,(H,19,21)(H,22,23). The fraction of sp³-hybridized carbons (Fsp3) is 0.833. The highest BCUT2D eigenvalue weighted by molar-refractivity contribution is 5.86. The number of nitrogens with one attached hydrogen (secondary N) is 1. The van der Waals surface area contributed by atoms with E-state index in [1.165, 1.54) is 4.90 Å². The molecule has 1 heterocycles. The zero-order chi connectivity index (χ0) is 18.6. The van der Waals surface area contributed by atoms with Gasteiger partial charge < -0.3 is 15.2 Å². The van der Waals surface area contributed by atoms with Crippen LogP contribution in [0.1, 0.15) is 59.3 Å². The van der Waals surface area contributed by atoms with Gasteiger partial charge in [0.15, 0.2) is 0 Å². The zero-order valence-electron chi connectivity index (χ0n) is 15.4. The van der Waals surface area contributed by atoms with Gasteiger partial charge in [0.1, 0.15) is 11.6 Å². The third-order valence-corrected chi connectivity index (χ3v) is 4.94. The largest absolute Gasteiger partial charge is 0.481 e. The Kier molecular flexibility index (Phi) is 6.30. The highest BCUT2D eigenvalue weighted by Gasteiger charge is 2.36. The smallest absolute Gasteiger partial charge is 0.410 e. The number of aliphatic carboxylic acids is 1. The van der Waals surface area contributed by atoms with Crippen molar-refractivity contribution in [1.82, 2.24) is 10.2 Å². The van der Waals surface area contributed by atoms with E-state index in [1.54, 1.807) is 0 Å². The van der Waals surface area contributed by atoms with Crippen LogP contribution in [0.2, 0.25) is 0 Å². The van der Waals surface area contributed by atoms with E-state index in [2.05, 4.69) is 5.32 Å². The number of nitrogens with zero attached hydrogens (tertiary/aromatic N) is 1. The average Bonchev–Trinajstić information content (AvgIpc) is 3.01. The Morgan fingerprint density at radius 3 is 2.32 bits per heavy atom. The van der Waals surface area contributed by atoms with Gasteiger partial charge >= 0.3 is 12.1 Å². The van der Waals surface area contributed by atoms with Crippen LogP contribution in [0.5, 0.6) is 0 Å². The minimum Gasteiger partial charge on any atom is -0.481 e. The second kappa shape index (κ2) is 8.06. The van der Waals surface area contributed by atoms with Crippen LogP contribution in [0, 0.1) is 11.8 Å². The second-order valence-electron chi connectivity index (χ2n) is 8.13. The van der Waals surface area contributed by atoms with Gasteiger partial charge in [0.2, 0.25) is 5.91 Å². The lowest BCUT2D eigenvalue weighted by atomic mass is 9.82. The normalized spacial score (nSPS) is 27.0. The first-order valence-corrected chi connectivity index (χ1v) is 9.17. The first-order chi connectivity index (χ1) is 11.7. The van der Waals surface area contributed by atoms with Gasteiger partial charge in [-0.1, -0.05) is 0 Å². The Bertz CT molecular complexity index is 506. The summed E-state index contributed by atoms with van der Waals surface area (Å²) in [6.07, 6.45) is 3.98. The van der Waals surface area contributed by atoms with Gasteiger partial charge in [-0.05, 0) is 65.2 Å². The molecule has 0 aromatic carbocycles. The molecule has 0 spiro atoms. The van der Waals surface area contributed by atoms with Crippen molar-refractivity contribution < 1.29 is 24.2 Å². The summed E-state index contributed by atoms with van der Waals surface area (Å²) in [5, 5.41) is 12.0. The molecule has 1 saturated carbocycles. The molecule has 2 N–H and O–H groups in total. The van der Waals surface area contributed by atoms with Crippen molar-refractivity contribution in [3.8, 4) is 0 Å². The Hall–Kier alpha value is -1.79. The summed E-state index contributed by atoms with van der Waals surface area (Å²) in [6.45, 7) is 6.51. The van der Waals surface area contributed by atoms with E-state index >= 15 is 0 Å². The van der Waals surface area contributed by atoms with Gasteiger partial charge in [-0.3, -0.25) is 14.5 Å². The van der Waals surface area contributed by atoms with E-state index in [1.807, 2.05) is 20.8 Å². The van der Waals surface area contributed by atoms with Gasteiger partial charge in [0.25, 0.3) is 0 Å². The molecule has 2 rings (SSSR count). The van der Waals surface area contributed by atoms with Gasteiger partial charge in [-0.25, -0.2) is 4.79 Å². The Labute approximate surface area is 149 Å². The molecular formula is C18H30N2O5. The van der Waals surface area contributed by atoms with Crippen LogP contribution in [0.4, 0.5) is 4.79 Å². The highest BCUT2D eigenvalue weighted by atomic mass is 16.6. The molecule has 1 atom stereocenters. The molecule has 2 amide bonds. The van der Waals surface area contributed by atoms with Crippen molar-refractivity contribution in [3.63, 3.8) is 0 Å². The third kappa shape index (κ3) is 5.61. The van der Waals surface area contributed by atoms with Crippen molar-refractivity contribution in [2.45, 2.75) is 70.9 Å². The number of likely N-dealkylation sites (tertiary alicyclic amines) is 1. The lowest BCUT2D eigenvalue weighted by molar-refractivity contribution is -0.143. The van der Waals surface area contributed by atoms with E-state index in [4.69, 9.17) is 9.84 Å². The monoisotopic (exact) mass is 354 g/mol. The third-order valence-electron chi connectivity index (χ3n) is 4.94. The van der Waals surface area contributed by atoms with Crippen molar-refractivity contribution in [1.29, 1.82) is 0 Å². The van der Waals surface area contributed by atoms with Crippen molar-refractivity contribution in [2.75, 3.05) is 13.1 Å². The molecule has 0 radical (unpaired) electrons. The highest BCUT2D eigenvalue weighted by Crippen LogP contribution is 2.28. The molecule has 1 unspecified atom stereocenters. The van der Waals surface area contributed by atoms with Crippen LogP contribution in [0.15, 0.2) is 0 Å². The number of rotatable bonds is 4. The molecule has 7 heteroatoms. The van der Waals surface area contributed by atoms with E-state index in [-0.39, 0.29) is 11.8 Å². The van der Waals surface area contributed by atoms with Gasteiger partial charge in [-0.15, -0.1) is 0 Å². The molecule has 1 aliphatic heterocycles. The minimum atomic E-state index is -0.721. The summed E-state index contributed by atoms with van der Waals surface area (Å²) in [5.74, 6) is -0.787. The molecule has 1 saturated heterocycles. The lowest BCUT2D eigenvalue weighted by Crippen LogP contribution is -2.48. The summed E-state index contributed by atoms with van der Waals surface area (Å²) in [4.78, 5) is 37.2. The number of hydrogen-bond donors (Lipinski definition) is 2. The molecule has 1 aliphatic carbocycles. The van der Waals surface area contributed by atoms with E-state index < -0.39 is 23.7 Å². The summed E-state index contributed by atoms with van der Waals surface area (Å²) in [6, 6.07) is -0.467. The number of carboxylic acids is 1. The van der Waals surface area contributed by atoms with E-state index in [0.29, 0.717) is 38.3 Å². The summed E-state index contributed by atoms with van der Waals surface area (Å²) >= 11 is 0. The van der Waals surface area contributed by atoms with Crippen molar-refractivity contribution in [3.05, 3.63) is 0 Å². The first-order valence-electron chi connectivity index (χ1n) is 9.17. The number of carbonyl (C=O) groups excluding carboxylic acids is 2. The molecule has 7 nitrogen and oxygen atoms in total. The first kappa shape index (κ1) is 19.5. The average molecular weight is 354 g/mol. The summed E-state index contributed by atoms with van der Waals surface area (Å²) < 4.78 is 5.38. The maximum Gasteiger partial charge on any atom is 0.410 e.